The standard InChI is InChI=1S/C9H10F3N3O/c10-9(11,12)8-2-1-6(5-14-8)7(15-13)3-4-16/h1-2,5,7,13,16H,3-4H2/t7-/m1/s1. The second-order valence-electron chi connectivity index (χ2n) is 3.13. The number of pyridine rings is 1. The van der Waals surface area contributed by atoms with Gasteiger partial charge in [-0.25, -0.2) is 5.53 Å². The molecule has 0 amide bonds. The van der Waals surface area contributed by atoms with Crippen LogP contribution in [0.1, 0.15) is 23.7 Å². The van der Waals surface area contributed by atoms with Gasteiger partial charge in [0.15, 0.2) is 0 Å². The number of nitrogens with one attached hydrogen (secondary N) is 1. The van der Waals surface area contributed by atoms with E-state index < -0.39 is 17.9 Å². The predicted molar refractivity (Wildman–Crippen MR) is 48.8 cm³/mol. The smallest absolute Gasteiger partial charge is 0.396 e. The lowest BCUT2D eigenvalue weighted by Gasteiger charge is -2.10. The summed E-state index contributed by atoms with van der Waals surface area (Å²) in [5.41, 5.74) is 6.24. The summed E-state index contributed by atoms with van der Waals surface area (Å²) in [6.07, 6.45) is -3.25. The first-order valence-electron chi connectivity index (χ1n) is 4.49. The Morgan fingerprint density at radius 1 is 1.44 bits per heavy atom. The van der Waals surface area contributed by atoms with Crippen LogP contribution in [-0.2, 0) is 6.18 Å². The Balaban J connectivity index is 2.89. The van der Waals surface area contributed by atoms with E-state index in [9.17, 15) is 13.2 Å². The molecule has 0 aliphatic heterocycles. The van der Waals surface area contributed by atoms with Crippen molar-refractivity contribution in [3.63, 3.8) is 0 Å². The first-order valence-corrected chi connectivity index (χ1v) is 4.49. The molecule has 0 aliphatic rings. The van der Waals surface area contributed by atoms with Gasteiger partial charge in [-0.3, -0.25) is 4.98 Å². The van der Waals surface area contributed by atoms with Crippen LogP contribution in [0.3, 0.4) is 0 Å². The largest absolute Gasteiger partial charge is 0.433 e. The van der Waals surface area contributed by atoms with E-state index in [1.165, 1.54) is 6.07 Å². The third kappa shape index (κ3) is 2.99. The lowest BCUT2D eigenvalue weighted by atomic mass is 10.1. The molecule has 4 nitrogen and oxygen atoms in total. The topological polar surface area (TPSA) is 69.3 Å². The fraction of sp³-hybridized carbons (Fsp3) is 0.444. The van der Waals surface area contributed by atoms with Crippen molar-refractivity contribution in [3.8, 4) is 0 Å². The van der Waals surface area contributed by atoms with E-state index in [1.54, 1.807) is 0 Å². The number of aromatic nitrogens is 1. The number of nitrogens with zero attached hydrogens (tertiary/aromatic N) is 2. The monoisotopic (exact) mass is 233 g/mol. The molecule has 0 unspecified atom stereocenters. The average Bonchev–Trinajstić information content (AvgIpc) is 2.25. The highest BCUT2D eigenvalue weighted by Gasteiger charge is 2.32. The highest BCUT2D eigenvalue weighted by molar-refractivity contribution is 5.19. The quantitative estimate of drug-likeness (QED) is 0.784. The van der Waals surface area contributed by atoms with Crippen LogP contribution in [0, 0.1) is 5.53 Å². The molecule has 1 heterocycles. The molecule has 1 aromatic heterocycles. The lowest BCUT2D eigenvalue weighted by Crippen LogP contribution is -2.08. The Bertz CT molecular complexity index is 350. The third-order valence-corrected chi connectivity index (χ3v) is 2.02. The molecule has 1 atom stereocenters. The van der Waals surface area contributed by atoms with Crippen molar-refractivity contribution in [2.75, 3.05) is 6.61 Å². The van der Waals surface area contributed by atoms with E-state index in [-0.39, 0.29) is 13.0 Å². The fourth-order valence-corrected chi connectivity index (χ4v) is 1.20. The maximum absolute atomic E-state index is 12.2. The minimum absolute atomic E-state index is 0.186. The van der Waals surface area contributed by atoms with Gasteiger partial charge in [0.05, 0.1) is 6.04 Å². The van der Waals surface area contributed by atoms with E-state index in [4.69, 9.17) is 10.6 Å². The fourth-order valence-electron chi connectivity index (χ4n) is 1.20. The zero-order chi connectivity index (χ0) is 12.2. The van der Waals surface area contributed by atoms with Gasteiger partial charge in [-0.1, -0.05) is 6.07 Å². The predicted octanol–water partition coefficient (Wildman–Crippen LogP) is 2.55. The minimum atomic E-state index is -4.47. The number of aliphatic hydroxyl groups excluding tert-OH is 1. The molecule has 0 fully saturated rings. The van der Waals surface area contributed by atoms with Gasteiger partial charge >= 0.3 is 6.18 Å². The number of alkyl halides is 3. The summed E-state index contributed by atoms with van der Waals surface area (Å²) in [5.74, 6) is 0. The van der Waals surface area contributed by atoms with Crippen LogP contribution in [-0.4, -0.2) is 16.7 Å². The van der Waals surface area contributed by atoms with Crippen molar-refractivity contribution in [1.82, 2.24) is 4.98 Å². The first-order chi connectivity index (χ1) is 7.49. The zero-order valence-corrected chi connectivity index (χ0v) is 8.20. The van der Waals surface area contributed by atoms with Crippen molar-refractivity contribution in [1.29, 1.82) is 5.53 Å². The molecule has 1 aromatic rings. The number of hydrogen-bond acceptors (Lipinski definition) is 4. The van der Waals surface area contributed by atoms with Gasteiger partial charge in [0.25, 0.3) is 0 Å². The van der Waals surface area contributed by atoms with Gasteiger partial charge in [0, 0.05) is 12.8 Å². The van der Waals surface area contributed by atoms with Crippen LogP contribution in [0.15, 0.2) is 23.4 Å². The second-order valence-corrected chi connectivity index (χ2v) is 3.13. The molecule has 0 spiro atoms. The SMILES string of the molecule is N=N[C@H](CCO)c1ccc(C(F)(F)F)nc1. The Kier molecular flexibility index (Phi) is 3.94. The van der Waals surface area contributed by atoms with Crippen LogP contribution in [0.5, 0.6) is 0 Å². The lowest BCUT2D eigenvalue weighted by molar-refractivity contribution is -0.141. The number of hydrogen-bond donors (Lipinski definition) is 2. The normalized spacial score (nSPS) is 13.5. The minimum Gasteiger partial charge on any atom is -0.396 e. The Morgan fingerprint density at radius 3 is 2.50 bits per heavy atom. The molecule has 0 aromatic carbocycles. The number of halogens is 3. The van der Waals surface area contributed by atoms with Crippen molar-refractivity contribution >= 4 is 0 Å². The highest BCUT2D eigenvalue weighted by atomic mass is 19.4. The average molecular weight is 233 g/mol. The summed E-state index contributed by atoms with van der Waals surface area (Å²) >= 11 is 0. The summed E-state index contributed by atoms with van der Waals surface area (Å²) in [7, 11) is 0. The Labute approximate surface area is 89.6 Å². The second kappa shape index (κ2) is 5.02. The molecular weight excluding hydrogens is 223 g/mol. The molecule has 16 heavy (non-hydrogen) atoms. The van der Waals surface area contributed by atoms with Gasteiger partial charge in [0.1, 0.15) is 5.69 Å². The van der Waals surface area contributed by atoms with Crippen molar-refractivity contribution in [3.05, 3.63) is 29.6 Å². The molecule has 0 bridgehead atoms. The van der Waals surface area contributed by atoms with Gasteiger partial charge in [-0.2, -0.15) is 18.3 Å². The summed E-state index contributed by atoms with van der Waals surface area (Å²) in [6, 6.07) is 1.42. The van der Waals surface area contributed by atoms with Gasteiger partial charge in [0.2, 0.25) is 0 Å². The summed E-state index contributed by atoms with van der Waals surface area (Å²) in [5, 5.41) is 11.9. The van der Waals surface area contributed by atoms with E-state index in [2.05, 4.69) is 10.1 Å². The summed E-state index contributed by atoms with van der Waals surface area (Å²) < 4.78 is 36.6. The Morgan fingerprint density at radius 2 is 2.12 bits per heavy atom. The molecule has 88 valence electrons. The van der Waals surface area contributed by atoms with Crippen molar-refractivity contribution in [2.45, 2.75) is 18.6 Å². The van der Waals surface area contributed by atoms with Crippen molar-refractivity contribution < 1.29 is 18.3 Å². The molecule has 2 N–H and O–H groups in total. The zero-order valence-electron chi connectivity index (χ0n) is 8.20. The summed E-state index contributed by atoms with van der Waals surface area (Å²) in [4.78, 5) is 3.25. The maximum Gasteiger partial charge on any atom is 0.433 e. The van der Waals surface area contributed by atoms with E-state index >= 15 is 0 Å². The van der Waals surface area contributed by atoms with Crippen molar-refractivity contribution in [2.24, 2.45) is 5.11 Å². The van der Waals surface area contributed by atoms with Crippen LogP contribution in [0.25, 0.3) is 0 Å². The molecule has 0 saturated heterocycles. The van der Waals surface area contributed by atoms with Crippen LogP contribution in [0.2, 0.25) is 0 Å². The van der Waals surface area contributed by atoms with Gasteiger partial charge in [-0.05, 0) is 18.1 Å². The van der Waals surface area contributed by atoms with Crippen LogP contribution >= 0.6 is 0 Å². The Hall–Kier alpha value is -1.50. The van der Waals surface area contributed by atoms with E-state index in [0.717, 1.165) is 12.3 Å². The molecule has 1 rings (SSSR count). The molecule has 0 saturated carbocycles. The van der Waals surface area contributed by atoms with Gasteiger partial charge in [-0.15, -0.1) is 0 Å². The molecular formula is C9H10F3N3O. The summed E-state index contributed by atoms with van der Waals surface area (Å²) in [6.45, 7) is -0.186. The van der Waals surface area contributed by atoms with Crippen LogP contribution in [0.4, 0.5) is 13.2 Å². The van der Waals surface area contributed by atoms with Crippen LogP contribution < -0.4 is 0 Å². The molecule has 0 radical (unpaired) electrons. The first kappa shape index (κ1) is 12.6. The highest BCUT2D eigenvalue weighted by Crippen LogP contribution is 2.28. The number of aliphatic hydroxyl groups is 1. The molecule has 0 aliphatic carbocycles. The maximum atomic E-state index is 12.2. The van der Waals surface area contributed by atoms with E-state index in [1.807, 2.05) is 0 Å². The third-order valence-electron chi connectivity index (χ3n) is 2.02. The van der Waals surface area contributed by atoms with Gasteiger partial charge < -0.3 is 5.11 Å². The molecule has 7 heteroatoms. The number of rotatable bonds is 4. The van der Waals surface area contributed by atoms with E-state index in [0.29, 0.717) is 5.56 Å².